The Bertz CT molecular complexity index is 415. The first-order valence-electron chi connectivity index (χ1n) is 7.86. The second kappa shape index (κ2) is 5.50. The molecule has 1 heterocycles. The molecule has 120 valence electrons. The molecule has 0 radical (unpaired) electrons. The number of carboxylic acid groups (broad SMARTS) is 1. The van der Waals surface area contributed by atoms with Gasteiger partial charge in [0.1, 0.15) is 0 Å². The van der Waals surface area contributed by atoms with Crippen LogP contribution in [0.4, 0.5) is 4.79 Å². The van der Waals surface area contributed by atoms with Crippen molar-refractivity contribution in [3.63, 3.8) is 0 Å². The summed E-state index contributed by atoms with van der Waals surface area (Å²) in [6.07, 6.45) is 3.69. The average molecular weight is 296 g/mol. The van der Waals surface area contributed by atoms with Crippen molar-refractivity contribution in [2.75, 3.05) is 13.1 Å². The number of rotatable bonds is 2. The number of amides is 2. The van der Waals surface area contributed by atoms with E-state index in [1.807, 2.05) is 0 Å². The van der Waals surface area contributed by atoms with Gasteiger partial charge in [-0.2, -0.15) is 0 Å². The summed E-state index contributed by atoms with van der Waals surface area (Å²) in [6.45, 7) is 9.89. The van der Waals surface area contributed by atoms with Crippen molar-refractivity contribution in [1.29, 1.82) is 0 Å². The number of aliphatic carboxylic acids is 1. The quantitative estimate of drug-likeness (QED) is 0.823. The number of carboxylic acids is 1. The predicted molar refractivity (Wildman–Crippen MR) is 81.0 cm³/mol. The smallest absolute Gasteiger partial charge is 0.317 e. The Balaban J connectivity index is 1.92. The second-order valence-corrected chi connectivity index (χ2v) is 8.33. The van der Waals surface area contributed by atoms with Gasteiger partial charge in [-0.15, -0.1) is 0 Å². The summed E-state index contributed by atoms with van der Waals surface area (Å²) in [7, 11) is 0. The number of urea groups is 1. The van der Waals surface area contributed by atoms with E-state index in [1.165, 1.54) is 0 Å². The molecule has 1 atom stereocenters. The SMILES string of the molecule is CC1(C)CC(NC(=O)N2CCC(C(=O)O)C2)CC(C)(C)C1. The molecule has 0 aromatic heterocycles. The number of hydrogen-bond donors (Lipinski definition) is 2. The topological polar surface area (TPSA) is 69.6 Å². The fourth-order valence-corrected chi connectivity index (χ4v) is 4.36. The van der Waals surface area contributed by atoms with Crippen molar-refractivity contribution in [1.82, 2.24) is 10.2 Å². The molecule has 21 heavy (non-hydrogen) atoms. The zero-order valence-corrected chi connectivity index (χ0v) is 13.6. The second-order valence-electron chi connectivity index (χ2n) is 8.33. The van der Waals surface area contributed by atoms with E-state index in [0.717, 1.165) is 19.3 Å². The first-order valence-corrected chi connectivity index (χ1v) is 7.86. The molecule has 1 saturated heterocycles. The van der Waals surface area contributed by atoms with Gasteiger partial charge in [-0.3, -0.25) is 4.79 Å². The molecule has 1 saturated carbocycles. The summed E-state index contributed by atoms with van der Waals surface area (Å²) in [5.74, 6) is -1.21. The van der Waals surface area contributed by atoms with Gasteiger partial charge < -0.3 is 15.3 Å². The number of carbonyl (C=O) groups excluding carboxylic acids is 1. The summed E-state index contributed by atoms with van der Waals surface area (Å²) < 4.78 is 0. The van der Waals surface area contributed by atoms with Gasteiger partial charge in [0.05, 0.1) is 5.92 Å². The van der Waals surface area contributed by atoms with E-state index in [9.17, 15) is 9.59 Å². The normalized spacial score (nSPS) is 28.4. The molecule has 2 rings (SSSR count). The van der Waals surface area contributed by atoms with Gasteiger partial charge in [0, 0.05) is 19.1 Å². The van der Waals surface area contributed by atoms with Gasteiger partial charge in [-0.05, 0) is 36.5 Å². The molecule has 0 aromatic carbocycles. The van der Waals surface area contributed by atoms with Gasteiger partial charge in [0.2, 0.25) is 0 Å². The van der Waals surface area contributed by atoms with Crippen molar-refractivity contribution in [3.8, 4) is 0 Å². The zero-order valence-electron chi connectivity index (χ0n) is 13.6. The highest BCUT2D eigenvalue weighted by atomic mass is 16.4. The van der Waals surface area contributed by atoms with Crippen molar-refractivity contribution in [3.05, 3.63) is 0 Å². The molecule has 5 heteroatoms. The fraction of sp³-hybridized carbons (Fsp3) is 0.875. The third-order valence-electron chi connectivity index (χ3n) is 4.71. The van der Waals surface area contributed by atoms with Gasteiger partial charge in [0.25, 0.3) is 0 Å². The van der Waals surface area contributed by atoms with Crippen LogP contribution in [0.15, 0.2) is 0 Å². The molecule has 2 N–H and O–H groups in total. The molecular formula is C16H28N2O3. The zero-order chi connectivity index (χ0) is 15.8. The summed E-state index contributed by atoms with van der Waals surface area (Å²) in [5.41, 5.74) is 0.461. The van der Waals surface area contributed by atoms with E-state index in [1.54, 1.807) is 4.90 Å². The minimum atomic E-state index is -0.801. The standard InChI is InChI=1S/C16H28N2O3/c1-15(2)7-12(8-16(3,4)10-15)17-14(21)18-6-5-11(9-18)13(19)20/h11-12H,5-10H2,1-4H3,(H,17,21)(H,19,20). The molecule has 1 aliphatic heterocycles. The van der Waals surface area contributed by atoms with Gasteiger partial charge in [-0.25, -0.2) is 4.79 Å². The summed E-state index contributed by atoms with van der Waals surface area (Å²) in [6, 6.07) is 0.0809. The van der Waals surface area contributed by atoms with Crippen molar-refractivity contribution < 1.29 is 14.7 Å². The van der Waals surface area contributed by atoms with E-state index >= 15 is 0 Å². The molecule has 0 aromatic rings. The molecule has 2 amide bonds. The molecule has 1 unspecified atom stereocenters. The maximum absolute atomic E-state index is 12.3. The Morgan fingerprint density at radius 2 is 1.71 bits per heavy atom. The highest BCUT2D eigenvalue weighted by Gasteiger charge is 2.40. The molecular weight excluding hydrogens is 268 g/mol. The van der Waals surface area contributed by atoms with Crippen LogP contribution in [0.25, 0.3) is 0 Å². The van der Waals surface area contributed by atoms with Crippen LogP contribution >= 0.6 is 0 Å². The summed E-state index contributed by atoms with van der Waals surface area (Å²) in [5, 5.41) is 12.1. The highest BCUT2D eigenvalue weighted by molar-refractivity contribution is 5.77. The Hall–Kier alpha value is -1.26. The number of nitrogens with zero attached hydrogens (tertiary/aromatic N) is 1. The maximum Gasteiger partial charge on any atom is 0.317 e. The van der Waals surface area contributed by atoms with Crippen LogP contribution in [0.5, 0.6) is 0 Å². The summed E-state index contributed by atoms with van der Waals surface area (Å²) in [4.78, 5) is 24.9. The lowest BCUT2D eigenvalue weighted by atomic mass is 9.63. The number of nitrogens with one attached hydrogen (secondary N) is 1. The van der Waals surface area contributed by atoms with Crippen LogP contribution < -0.4 is 5.32 Å². The largest absolute Gasteiger partial charge is 0.481 e. The predicted octanol–water partition coefficient (Wildman–Crippen LogP) is 2.71. The molecule has 5 nitrogen and oxygen atoms in total. The maximum atomic E-state index is 12.3. The Labute approximate surface area is 127 Å². The fourth-order valence-electron chi connectivity index (χ4n) is 4.36. The molecule has 2 fully saturated rings. The lowest BCUT2D eigenvalue weighted by Gasteiger charge is -2.45. The van der Waals surface area contributed by atoms with Crippen LogP contribution in [-0.4, -0.2) is 41.1 Å². The molecule has 0 bridgehead atoms. The molecule has 2 aliphatic rings. The first kappa shape index (κ1) is 16.1. The summed E-state index contributed by atoms with van der Waals surface area (Å²) >= 11 is 0. The van der Waals surface area contributed by atoms with Crippen molar-refractivity contribution >= 4 is 12.0 Å². The van der Waals surface area contributed by atoms with E-state index in [4.69, 9.17) is 5.11 Å². The lowest BCUT2D eigenvalue weighted by molar-refractivity contribution is -0.141. The van der Waals surface area contributed by atoms with Gasteiger partial charge >= 0.3 is 12.0 Å². The minimum absolute atomic E-state index is 0.0998. The van der Waals surface area contributed by atoms with Gasteiger partial charge in [-0.1, -0.05) is 27.7 Å². The monoisotopic (exact) mass is 296 g/mol. The van der Waals surface area contributed by atoms with Crippen molar-refractivity contribution in [2.45, 2.75) is 59.4 Å². The minimum Gasteiger partial charge on any atom is -0.481 e. The van der Waals surface area contributed by atoms with Crippen LogP contribution in [0.2, 0.25) is 0 Å². The molecule has 1 aliphatic carbocycles. The van der Waals surface area contributed by atoms with Crippen molar-refractivity contribution in [2.24, 2.45) is 16.7 Å². The van der Waals surface area contributed by atoms with E-state index in [0.29, 0.717) is 19.5 Å². The first-order chi connectivity index (χ1) is 9.58. The highest BCUT2D eigenvalue weighted by Crippen LogP contribution is 2.45. The Morgan fingerprint density at radius 3 is 2.19 bits per heavy atom. The van der Waals surface area contributed by atoms with Crippen LogP contribution in [-0.2, 0) is 4.79 Å². The molecule has 0 spiro atoms. The Kier molecular flexibility index (Phi) is 4.22. The van der Waals surface area contributed by atoms with E-state index in [-0.39, 0.29) is 22.9 Å². The van der Waals surface area contributed by atoms with Crippen LogP contribution in [0.1, 0.15) is 53.4 Å². The number of likely N-dealkylation sites (tertiary alicyclic amines) is 1. The van der Waals surface area contributed by atoms with Crippen LogP contribution in [0, 0.1) is 16.7 Å². The van der Waals surface area contributed by atoms with Gasteiger partial charge in [0.15, 0.2) is 0 Å². The van der Waals surface area contributed by atoms with E-state index < -0.39 is 11.9 Å². The lowest BCUT2D eigenvalue weighted by Crippen LogP contribution is -2.49. The average Bonchev–Trinajstić information content (AvgIpc) is 2.72. The van der Waals surface area contributed by atoms with Crippen LogP contribution in [0.3, 0.4) is 0 Å². The van der Waals surface area contributed by atoms with E-state index in [2.05, 4.69) is 33.0 Å². The number of hydrogen-bond acceptors (Lipinski definition) is 2. The third-order valence-corrected chi connectivity index (χ3v) is 4.71. The number of carbonyl (C=O) groups is 2. The third kappa shape index (κ3) is 4.11. The Morgan fingerprint density at radius 1 is 1.14 bits per heavy atom.